The normalized spacial score (nSPS) is 19.8. The van der Waals surface area contributed by atoms with Crippen molar-refractivity contribution in [2.45, 2.75) is 26.2 Å². The zero-order valence-corrected chi connectivity index (χ0v) is 13.6. The third-order valence-corrected chi connectivity index (χ3v) is 4.88. The Morgan fingerprint density at radius 1 is 1.45 bits per heavy atom. The molecule has 124 valence electrons. The quantitative estimate of drug-likeness (QED) is 0.433. The number of hydrogen-bond acceptors (Lipinski definition) is 4. The molecule has 0 bridgehead atoms. The molecule has 0 saturated heterocycles. The summed E-state index contributed by atoms with van der Waals surface area (Å²) in [5.41, 5.74) is 5.19. The van der Waals surface area contributed by atoms with Crippen LogP contribution < -0.4 is 11.1 Å². The van der Waals surface area contributed by atoms with Crippen LogP contribution in [0.2, 0.25) is 0 Å². The van der Waals surface area contributed by atoms with Crippen LogP contribution in [-0.4, -0.2) is 44.0 Å². The molecule has 3 amide bonds. The predicted octanol–water partition coefficient (Wildman–Crippen LogP) is 0.502. The van der Waals surface area contributed by atoms with E-state index < -0.39 is 41.2 Å². The number of nitrogens with zero attached hydrogens (tertiary/aromatic N) is 1. The number of nitrogens with two attached hydrogens (primary N) is 1. The third-order valence-electron chi connectivity index (χ3n) is 3.12. The maximum Gasteiger partial charge on any atom is 0.333 e. The lowest BCUT2D eigenvalue weighted by Crippen LogP contribution is -2.49. The van der Waals surface area contributed by atoms with Crippen molar-refractivity contribution in [3.63, 3.8) is 0 Å². The van der Waals surface area contributed by atoms with Crippen LogP contribution in [0.25, 0.3) is 0 Å². The van der Waals surface area contributed by atoms with Crippen molar-refractivity contribution in [2.24, 2.45) is 11.7 Å². The van der Waals surface area contributed by atoms with Crippen LogP contribution in [0, 0.1) is 5.92 Å². The highest BCUT2D eigenvalue weighted by molar-refractivity contribution is 7.87. The topological polar surface area (TPSA) is 130 Å². The molecule has 0 aliphatic carbocycles. The van der Waals surface area contributed by atoms with E-state index in [1.54, 1.807) is 0 Å². The van der Waals surface area contributed by atoms with Crippen molar-refractivity contribution in [3.05, 3.63) is 10.6 Å². The van der Waals surface area contributed by atoms with Gasteiger partial charge in [-0.3, -0.25) is 9.59 Å². The standard InChI is InChI=1S/C12H18ClN3O5S/c1-7-10(8(11(14)19)6-9(17)18)15-12(20)16(22(7)21)5-3-2-4-13/h8H,2-6H2,1H3,(H2,14,19)(H,15,20)(H,17,18). The zero-order valence-electron chi connectivity index (χ0n) is 12.0. The summed E-state index contributed by atoms with van der Waals surface area (Å²) < 4.78 is 13.5. The number of urea groups is 1. The number of carboxylic acids is 1. The second-order valence-electron chi connectivity index (χ2n) is 4.70. The van der Waals surface area contributed by atoms with E-state index in [4.69, 9.17) is 22.4 Å². The first kappa shape index (κ1) is 18.4. The summed E-state index contributed by atoms with van der Waals surface area (Å²) in [7, 11) is -1.78. The molecule has 0 fully saturated rings. The lowest BCUT2D eigenvalue weighted by atomic mass is 10.00. The van der Waals surface area contributed by atoms with E-state index in [9.17, 15) is 18.6 Å². The molecule has 1 aliphatic rings. The average Bonchev–Trinajstić information content (AvgIpc) is 2.44. The van der Waals surface area contributed by atoms with Crippen LogP contribution in [0.3, 0.4) is 0 Å². The number of hydrogen-bond donors (Lipinski definition) is 3. The Labute approximate surface area is 135 Å². The fourth-order valence-corrected chi connectivity index (χ4v) is 3.38. The van der Waals surface area contributed by atoms with E-state index in [1.807, 2.05) is 0 Å². The predicted molar refractivity (Wildman–Crippen MR) is 81.0 cm³/mol. The van der Waals surface area contributed by atoms with Crippen LogP contribution in [0.5, 0.6) is 0 Å². The van der Waals surface area contributed by atoms with Crippen molar-refractivity contribution >= 4 is 40.5 Å². The number of alkyl halides is 1. The van der Waals surface area contributed by atoms with Crippen LogP contribution in [0.4, 0.5) is 4.79 Å². The number of nitrogens with one attached hydrogen (secondary N) is 1. The van der Waals surface area contributed by atoms with E-state index in [2.05, 4.69) is 5.32 Å². The molecule has 0 aromatic carbocycles. The van der Waals surface area contributed by atoms with Gasteiger partial charge in [-0.1, -0.05) is 0 Å². The van der Waals surface area contributed by atoms with Crippen molar-refractivity contribution in [1.29, 1.82) is 0 Å². The molecule has 0 saturated carbocycles. The summed E-state index contributed by atoms with van der Waals surface area (Å²) in [6, 6.07) is -0.648. The van der Waals surface area contributed by atoms with Crippen LogP contribution >= 0.6 is 11.6 Å². The molecule has 0 spiro atoms. The van der Waals surface area contributed by atoms with Crippen molar-refractivity contribution in [3.8, 4) is 0 Å². The lowest BCUT2D eigenvalue weighted by Gasteiger charge is -2.31. The molecule has 1 aliphatic heterocycles. The second kappa shape index (κ2) is 8.14. The van der Waals surface area contributed by atoms with Gasteiger partial charge in [-0.05, 0) is 19.8 Å². The largest absolute Gasteiger partial charge is 0.481 e. The third kappa shape index (κ3) is 4.44. The fourth-order valence-electron chi connectivity index (χ4n) is 1.99. The summed E-state index contributed by atoms with van der Waals surface area (Å²) >= 11 is 5.56. The SMILES string of the molecule is CC1=C(C(CC(=O)O)C(N)=O)NC(=O)N(CCCCCl)S1=O. The fraction of sp³-hybridized carbons (Fsp3) is 0.583. The number of amides is 3. The molecule has 1 heterocycles. The Morgan fingerprint density at radius 2 is 2.09 bits per heavy atom. The van der Waals surface area contributed by atoms with Gasteiger partial charge >= 0.3 is 12.0 Å². The number of rotatable bonds is 8. The van der Waals surface area contributed by atoms with Gasteiger partial charge in [0.25, 0.3) is 0 Å². The van der Waals surface area contributed by atoms with Gasteiger partial charge < -0.3 is 16.2 Å². The van der Waals surface area contributed by atoms with Gasteiger partial charge in [0.15, 0.2) is 11.0 Å². The summed E-state index contributed by atoms with van der Waals surface area (Å²) in [6.07, 6.45) is 0.673. The molecule has 8 nitrogen and oxygen atoms in total. The summed E-state index contributed by atoms with van der Waals surface area (Å²) in [5.74, 6) is -2.93. The van der Waals surface area contributed by atoms with Crippen LogP contribution in [-0.2, 0) is 20.6 Å². The Kier molecular flexibility index (Phi) is 6.82. The summed E-state index contributed by atoms with van der Waals surface area (Å²) in [6.45, 7) is 1.72. The number of carbonyl (C=O) groups is 3. The molecule has 22 heavy (non-hydrogen) atoms. The van der Waals surface area contributed by atoms with Gasteiger partial charge in [-0.15, -0.1) is 11.6 Å². The monoisotopic (exact) mass is 351 g/mol. The number of primary amides is 1. The smallest absolute Gasteiger partial charge is 0.333 e. The van der Waals surface area contributed by atoms with Gasteiger partial charge in [0.1, 0.15) is 0 Å². The molecular formula is C12H18ClN3O5S. The summed E-state index contributed by atoms with van der Waals surface area (Å²) in [4.78, 5) is 34.5. The maximum absolute atomic E-state index is 12.3. The molecule has 0 aromatic heterocycles. The summed E-state index contributed by atoms with van der Waals surface area (Å²) in [5, 5.41) is 11.3. The highest BCUT2D eigenvalue weighted by Gasteiger charge is 2.35. The minimum absolute atomic E-state index is 0.00632. The number of carbonyl (C=O) groups excluding carboxylic acids is 2. The van der Waals surface area contributed by atoms with Crippen LogP contribution in [0.15, 0.2) is 10.6 Å². The van der Waals surface area contributed by atoms with E-state index in [0.29, 0.717) is 18.7 Å². The molecule has 0 aromatic rings. The first-order valence-electron chi connectivity index (χ1n) is 6.57. The highest BCUT2D eigenvalue weighted by Crippen LogP contribution is 2.25. The molecule has 1 rings (SSSR count). The Balaban J connectivity index is 3.02. The van der Waals surface area contributed by atoms with E-state index in [0.717, 1.165) is 4.31 Å². The maximum atomic E-state index is 12.3. The Morgan fingerprint density at radius 3 is 2.59 bits per heavy atom. The highest BCUT2D eigenvalue weighted by atomic mass is 35.5. The number of allylic oxidation sites excluding steroid dienone is 1. The molecule has 0 radical (unpaired) electrons. The number of aliphatic carboxylic acids is 1. The van der Waals surface area contributed by atoms with E-state index >= 15 is 0 Å². The molecule has 10 heteroatoms. The average molecular weight is 352 g/mol. The zero-order chi connectivity index (χ0) is 16.9. The van der Waals surface area contributed by atoms with Crippen molar-refractivity contribution in [1.82, 2.24) is 9.62 Å². The van der Waals surface area contributed by atoms with Gasteiger partial charge in [0.05, 0.1) is 17.2 Å². The molecular weight excluding hydrogens is 334 g/mol. The van der Waals surface area contributed by atoms with Crippen molar-refractivity contribution < 1.29 is 23.7 Å². The molecule has 4 N–H and O–H groups in total. The lowest BCUT2D eigenvalue weighted by molar-refractivity contribution is -0.140. The van der Waals surface area contributed by atoms with Crippen molar-refractivity contribution in [2.75, 3.05) is 12.4 Å². The molecule has 2 unspecified atom stereocenters. The van der Waals surface area contributed by atoms with E-state index in [-0.39, 0.29) is 17.1 Å². The Bertz CT molecular complexity index is 537. The van der Waals surface area contributed by atoms with Gasteiger partial charge in [0.2, 0.25) is 5.91 Å². The van der Waals surface area contributed by atoms with E-state index in [1.165, 1.54) is 6.92 Å². The number of carboxylic acid groups (broad SMARTS) is 1. The number of unbranched alkanes of at least 4 members (excludes halogenated alkanes) is 1. The first-order valence-corrected chi connectivity index (χ1v) is 8.22. The van der Waals surface area contributed by atoms with Crippen LogP contribution in [0.1, 0.15) is 26.2 Å². The van der Waals surface area contributed by atoms with Gasteiger partial charge in [-0.2, -0.15) is 0 Å². The Hall–Kier alpha value is -1.61. The molecule has 2 atom stereocenters. The number of halogens is 1. The first-order chi connectivity index (χ1) is 10.3. The van der Waals surface area contributed by atoms with Gasteiger partial charge in [0, 0.05) is 18.1 Å². The minimum Gasteiger partial charge on any atom is -0.481 e. The van der Waals surface area contributed by atoms with Gasteiger partial charge in [-0.25, -0.2) is 13.3 Å². The minimum atomic E-state index is -1.78. The second-order valence-corrected chi connectivity index (χ2v) is 6.63.